The molecule has 1 fully saturated rings. The summed E-state index contributed by atoms with van der Waals surface area (Å²) in [5.41, 5.74) is 0. The minimum absolute atomic E-state index is 0.107. The molecule has 0 spiro atoms. The quantitative estimate of drug-likeness (QED) is 0.735. The highest BCUT2D eigenvalue weighted by Crippen LogP contribution is 2.22. The standard InChI is InChI=1S/C13H27NO/c1-9(2)11(10(3)4)8-14-12-6-5-7-13(12)15/h9-15H,5-8H2,1-4H3. The van der Waals surface area contributed by atoms with Crippen LogP contribution >= 0.6 is 0 Å². The summed E-state index contributed by atoms with van der Waals surface area (Å²) >= 11 is 0. The molecule has 1 rings (SSSR count). The maximum absolute atomic E-state index is 9.72. The van der Waals surface area contributed by atoms with Gasteiger partial charge in [-0.15, -0.1) is 0 Å². The molecule has 2 heteroatoms. The fourth-order valence-corrected chi connectivity index (χ4v) is 2.71. The molecule has 0 bridgehead atoms. The van der Waals surface area contributed by atoms with E-state index in [4.69, 9.17) is 0 Å². The van der Waals surface area contributed by atoms with Crippen LogP contribution in [0.15, 0.2) is 0 Å². The van der Waals surface area contributed by atoms with Crippen molar-refractivity contribution in [2.24, 2.45) is 17.8 Å². The van der Waals surface area contributed by atoms with Gasteiger partial charge in [-0.05, 0) is 43.6 Å². The third-order valence-electron chi connectivity index (χ3n) is 3.81. The van der Waals surface area contributed by atoms with Crippen LogP contribution in [-0.4, -0.2) is 23.8 Å². The highest BCUT2D eigenvalue weighted by molar-refractivity contribution is 4.84. The largest absolute Gasteiger partial charge is 0.392 e. The molecular formula is C13H27NO. The molecule has 0 aromatic carbocycles. The first-order valence-electron chi connectivity index (χ1n) is 6.43. The molecule has 2 nitrogen and oxygen atoms in total. The van der Waals surface area contributed by atoms with Crippen LogP contribution in [0.1, 0.15) is 47.0 Å². The Morgan fingerprint density at radius 1 is 1.13 bits per heavy atom. The van der Waals surface area contributed by atoms with E-state index in [0.29, 0.717) is 6.04 Å². The lowest BCUT2D eigenvalue weighted by Crippen LogP contribution is -2.40. The van der Waals surface area contributed by atoms with Gasteiger partial charge in [0.15, 0.2) is 0 Å². The van der Waals surface area contributed by atoms with Crippen LogP contribution < -0.4 is 5.32 Å². The minimum atomic E-state index is -0.107. The summed E-state index contributed by atoms with van der Waals surface area (Å²) in [4.78, 5) is 0. The predicted molar refractivity (Wildman–Crippen MR) is 64.8 cm³/mol. The lowest BCUT2D eigenvalue weighted by Gasteiger charge is -2.27. The first kappa shape index (κ1) is 13.0. The lowest BCUT2D eigenvalue weighted by molar-refractivity contribution is 0.140. The molecule has 0 amide bonds. The normalized spacial score (nSPS) is 27.2. The van der Waals surface area contributed by atoms with Crippen LogP contribution in [0.3, 0.4) is 0 Å². The Morgan fingerprint density at radius 3 is 2.13 bits per heavy atom. The van der Waals surface area contributed by atoms with Gasteiger partial charge < -0.3 is 10.4 Å². The average Bonchev–Trinajstić information content (AvgIpc) is 2.51. The number of aliphatic hydroxyl groups excluding tert-OH is 1. The summed E-state index contributed by atoms with van der Waals surface area (Å²) in [5.74, 6) is 2.16. The first-order chi connectivity index (χ1) is 7.02. The number of rotatable bonds is 5. The van der Waals surface area contributed by atoms with E-state index in [1.54, 1.807) is 0 Å². The number of aliphatic hydroxyl groups is 1. The van der Waals surface area contributed by atoms with Gasteiger partial charge in [-0.25, -0.2) is 0 Å². The average molecular weight is 213 g/mol. The third-order valence-corrected chi connectivity index (χ3v) is 3.81. The molecule has 2 unspecified atom stereocenters. The van der Waals surface area contributed by atoms with E-state index >= 15 is 0 Å². The van der Waals surface area contributed by atoms with Gasteiger partial charge in [-0.1, -0.05) is 27.7 Å². The molecule has 1 aliphatic carbocycles. The summed E-state index contributed by atoms with van der Waals surface area (Å²) in [6.07, 6.45) is 3.19. The van der Waals surface area contributed by atoms with Crippen molar-refractivity contribution < 1.29 is 5.11 Å². The fourth-order valence-electron chi connectivity index (χ4n) is 2.71. The Balaban J connectivity index is 2.33. The molecule has 0 saturated heterocycles. The summed E-state index contributed by atoms with van der Waals surface area (Å²) in [6, 6.07) is 0.352. The number of nitrogens with one attached hydrogen (secondary N) is 1. The SMILES string of the molecule is CC(C)C(CNC1CCCC1O)C(C)C. The molecule has 90 valence electrons. The van der Waals surface area contributed by atoms with E-state index in [2.05, 4.69) is 33.0 Å². The van der Waals surface area contributed by atoms with Gasteiger partial charge in [0, 0.05) is 6.04 Å². The van der Waals surface area contributed by atoms with E-state index in [0.717, 1.165) is 37.1 Å². The fraction of sp³-hybridized carbons (Fsp3) is 1.00. The van der Waals surface area contributed by atoms with Crippen molar-refractivity contribution in [2.45, 2.75) is 59.1 Å². The zero-order valence-electron chi connectivity index (χ0n) is 10.7. The molecular weight excluding hydrogens is 186 g/mol. The van der Waals surface area contributed by atoms with Crippen molar-refractivity contribution in [1.29, 1.82) is 0 Å². The van der Waals surface area contributed by atoms with Crippen LogP contribution in [0.4, 0.5) is 0 Å². The van der Waals surface area contributed by atoms with Crippen LogP contribution in [0, 0.1) is 17.8 Å². The van der Waals surface area contributed by atoms with Gasteiger partial charge >= 0.3 is 0 Å². The zero-order valence-corrected chi connectivity index (χ0v) is 10.7. The van der Waals surface area contributed by atoms with E-state index in [-0.39, 0.29) is 6.10 Å². The van der Waals surface area contributed by atoms with Crippen molar-refractivity contribution in [2.75, 3.05) is 6.54 Å². The maximum atomic E-state index is 9.72. The van der Waals surface area contributed by atoms with Gasteiger partial charge in [-0.3, -0.25) is 0 Å². The smallest absolute Gasteiger partial charge is 0.0693 e. The van der Waals surface area contributed by atoms with E-state index in [9.17, 15) is 5.11 Å². The topological polar surface area (TPSA) is 32.3 Å². The molecule has 2 N–H and O–H groups in total. The molecule has 1 aliphatic rings. The van der Waals surface area contributed by atoms with Crippen molar-refractivity contribution in [3.63, 3.8) is 0 Å². The second-order valence-corrected chi connectivity index (χ2v) is 5.66. The van der Waals surface area contributed by atoms with Crippen molar-refractivity contribution in [3.8, 4) is 0 Å². The minimum Gasteiger partial charge on any atom is -0.392 e. The Kier molecular flexibility index (Phi) is 5.07. The number of hydrogen-bond donors (Lipinski definition) is 2. The Bertz CT molecular complexity index is 171. The van der Waals surface area contributed by atoms with Gasteiger partial charge in [-0.2, -0.15) is 0 Å². The van der Waals surface area contributed by atoms with Crippen molar-refractivity contribution in [3.05, 3.63) is 0 Å². The van der Waals surface area contributed by atoms with Gasteiger partial charge in [0.2, 0.25) is 0 Å². The molecule has 0 heterocycles. The van der Waals surface area contributed by atoms with E-state index in [1.165, 1.54) is 6.42 Å². The summed E-state index contributed by atoms with van der Waals surface area (Å²) in [5, 5.41) is 13.3. The molecule has 0 aromatic heterocycles. The second-order valence-electron chi connectivity index (χ2n) is 5.66. The Hall–Kier alpha value is -0.0800. The summed E-state index contributed by atoms with van der Waals surface area (Å²) in [7, 11) is 0. The highest BCUT2D eigenvalue weighted by Gasteiger charge is 2.26. The van der Waals surface area contributed by atoms with Crippen LogP contribution in [0.2, 0.25) is 0 Å². The van der Waals surface area contributed by atoms with Gasteiger partial charge in [0.25, 0.3) is 0 Å². The molecule has 0 aromatic rings. The van der Waals surface area contributed by atoms with Crippen LogP contribution in [-0.2, 0) is 0 Å². The molecule has 0 aliphatic heterocycles. The van der Waals surface area contributed by atoms with Gasteiger partial charge in [0.05, 0.1) is 6.10 Å². The Labute approximate surface area is 94.5 Å². The van der Waals surface area contributed by atoms with Crippen LogP contribution in [0.5, 0.6) is 0 Å². The van der Waals surface area contributed by atoms with Gasteiger partial charge in [0.1, 0.15) is 0 Å². The van der Waals surface area contributed by atoms with E-state index in [1.807, 2.05) is 0 Å². The monoisotopic (exact) mass is 213 g/mol. The molecule has 1 saturated carbocycles. The lowest BCUT2D eigenvalue weighted by atomic mass is 9.85. The first-order valence-corrected chi connectivity index (χ1v) is 6.43. The molecule has 15 heavy (non-hydrogen) atoms. The Morgan fingerprint density at radius 2 is 1.73 bits per heavy atom. The maximum Gasteiger partial charge on any atom is 0.0693 e. The number of hydrogen-bond acceptors (Lipinski definition) is 2. The third kappa shape index (κ3) is 3.76. The van der Waals surface area contributed by atoms with Crippen molar-refractivity contribution in [1.82, 2.24) is 5.32 Å². The second kappa shape index (κ2) is 5.86. The molecule has 2 atom stereocenters. The summed E-state index contributed by atoms with van der Waals surface area (Å²) in [6.45, 7) is 10.2. The predicted octanol–water partition coefficient (Wildman–Crippen LogP) is 2.42. The van der Waals surface area contributed by atoms with E-state index < -0.39 is 0 Å². The summed E-state index contributed by atoms with van der Waals surface area (Å²) < 4.78 is 0. The molecule has 0 radical (unpaired) electrons. The van der Waals surface area contributed by atoms with Crippen molar-refractivity contribution >= 4 is 0 Å². The zero-order chi connectivity index (χ0) is 11.4. The van der Waals surface area contributed by atoms with Crippen LogP contribution in [0.25, 0.3) is 0 Å². The highest BCUT2D eigenvalue weighted by atomic mass is 16.3.